The van der Waals surface area contributed by atoms with Gasteiger partial charge in [0.15, 0.2) is 0 Å². The summed E-state index contributed by atoms with van der Waals surface area (Å²) in [4.78, 5) is 0. The Bertz CT molecular complexity index is 460. The Kier molecular flexibility index (Phi) is 3.71. The largest absolute Gasteiger partial charge is 0.271 e. The first-order valence-electron chi connectivity index (χ1n) is 7.35. The highest BCUT2D eigenvalue weighted by atomic mass is 79.9. The van der Waals surface area contributed by atoms with Gasteiger partial charge >= 0.3 is 0 Å². The van der Waals surface area contributed by atoms with Crippen LogP contribution in [0.4, 0.5) is 0 Å². The van der Waals surface area contributed by atoms with E-state index in [-0.39, 0.29) is 0 Å². The molecule has 2 aliphatic rings. The van der Waals surface area contributed by atoms with Crippen molar-refractivity contribution in [2.75, 3.05) is 0 Å². The van der Waals surface area contributed by atoms with Gasteiger partial charge in [-0.05, 0) is 60.4 Å². The van der Waals surface area contributed by atoms with E-state index < -0.39 is 0 Å². The third kappa shape index (κ3) is 2.26. The number of fused-ring (bicyclic) bond motifs is 1. The number of aromatic nitrogens is 2. The molecule has 0 spiro atoms. The molecular weight excluding hydrogens is 304 g/mol. The van der Waals surface area contributed by atoms with Crippen LogP contribution in [0.15, 0.2) is 4.47 Å². The standard InChI is InChI=1S/C14H23BrN4/c1-3-19-12(14(15)8(2)18-19)7-11(17-16)13-9-5-4-6-10(9)13/h9-11,13,17H,3-7,16H2,1-2H3. The van der Waals surface area contributed by atoms with Gasteiger partial charge in [-0.3, -0.25) is 16.0 Å². The molecule has 0 bridgehead atoms. The lowest BCUT2D eigenvalue weighted by atomic mass is 10.00. The Balaban J connectivity index is 1.76. The number of aryl methyl sites for hydroxylation is 2. The lowest BCUT2D eigenvalue weighted by Crippen LogP contribution is -2.40. The molecule has 0 amide bonds. The molecule has 1 aromatic heterocycles. The fraction of sp³-hybridized carbons (Fsp3) is 0.786. The summed E-state index contributed by atoms with van der Waals surface area (Å²) in [7, 11) is 0. The summed E-state index contributed by atoms with van der Waals surface area (Å²) in [5.74, 6) is 8.46. The van der Waals surface area contributed by atoms with Crippen LogP contribution in [0.1, 0.15) is 37.6 Å². The summed E-state index contributed by atoms with van der Waals surface area (Å²) < 4.78 is 3.25. The molecule has 3 rings (SSSR count). The Morgan fingerprint density at radius 1 is 1.47 bits per heavy atom. The second kappa shape index (κ2) is 5.19. The zero-order chi connectivity index (χ0) is 13.6. The molecule has 2 fully saturated rings. The van der Waals surface area contributed by atoms with Crippen LogP contribution in [0.5, 0.6) is 0 Å². The summed E-state index contributed by atoms with van der Waals surface area (Å²) in [5.41, 5.74) is 5.42. The molecule has 5 heteroatoms. The van der Waals surface area contributed by atoms with Gasteiger partial charge in [0.05, 0.1) is 15.9 Å². The van der Waals surface area contributed by atoms with Crippen LogP contribution in [0, 0.1) is 24.7 Å². The highest BCUT2D eigenvalue weighted by molar-refractivity contribution is 9.10. The van der Waals surface area contributed by atoms with Crippen LogP contribution in [-0.2, 0) is 13.0 Å². The van der Waals surface area contributed by atoms with Crippen molar-refractivity contribution in [3.05, 3.63) is 15.9 Å². The summed E-state index contributed by atoms with van der Waals surface area (Å²) in [5, 5.41) is 4.57. The molecule has 1 aromatic rings. The van der Waals surface area contributed by atoms with Crippen LogP contribution in [-0.4, -0.2) is 15.8 Å². The van der Waals surface area contributed by atoms with Gasteiger partial charge in [0.25, 0.3) is 0 Å². The maximum atomic E-state index is 5.82. The van der Waals surface area contributed by atoms with Gasteiger partial charge in [-0.25, -0.2) is 0 Å². The molecule has 3 N–H and O–H groups in total. The summed E-state index contributed by atoms with van der Waals surface area (Å²) in [6.07, 6.45) is 5.20. The fourth-order valence-electron chi connectivity index (χ4n) is 4.05. The number of halogens is 1. The van der Waals surface area contributed by atoms with Crippen LogP contribution in [0.25, 0.3) is 0 Å². The van der Waals surface area contributed by atoms with E-state index in [2.05, 4.69) is 45.0 Å². The summed E-state index contributed by atoms with van der Waals surface area (Å²) >= 11 is 3.68. The molecular formula is C14H23BrN4. The first kappa shape index (κ1) is 13.6. The van der Waals surface area contributed by atoms with E-state index in [1.807, 2.05) is 0 Å². The topological polar surface area (TPSA) is 55.9 Å². The fourth-order valence-corrected chi connectivity index (χ4v) is 4.50. The van der Waals surface area contributed by atoms with Gasteiger partial charge < -0.3 is 0 Å². The summed E-state index contributed by atoms with van der Waals surface area (Å²) in [6, 6.07) is 0.396. The molecule has 3 atom stereocenters. The minimum Gasteiger partial charge on any atom is -0.271 e. The van der Waals surface area contributed by atoms with Crippen LogP contribution >= 0.6 is 15.9 Å². The Hall–Kier alpha value is -0.390. The van der Waals surface area contributed by atoms with E-state index in [9.17, 15) is 0 Å². The maximum Gasteiger partial charge on any atom is 0.0738 e. The molecule has 4 nitrogen and oxygen atoms in total. The van der Waals surface area contributed by atoms with Crippen molar-refractivity contribution in [3.63, 3.8) is 0 Å². The molecule has 106 valence electrons. The number of rotatable bonds is 5. The van der Waals surface area contributed by atoms with Gasteiger partial charge in [-0.15, -0.1) is 0 Å². The number of nitrogens with zero attached hydrogens (tertiary/aromatic N) is 2. The minimum atomic E-state index is 0.396. The molecule has 19 heavy (non-hydrogen) atoms. The van der Waals surface area contributed by atoms with Crippen molar-refractivity contribution >= 4 is 15.9 Å². The zero-order valence-corrected chi connectivity index (χ0v) is 13.3. The number of hydrogen-bond donors (Lipinski definition) is 2. The SMILES string of the molecule is CCn1nc(C)c(Br)c1CC(NN)C1C2CCCC21. The van der Waals surface area contributed by atoms with E-state index in [0.29, 0.717) is 6.04 Å². The average molecular weight is 327 g/mol. The van der Waals surface area contributed by atoms with Gasteiger partial charge in [-0.2, -0.15) is 5.10 Å². The minimum absolute atomic E-state index is 0.396. The maximum absolute atomic E-state index is 5.82. The van der Waals surface area contributed by atoms with E-state index in [4.69, 9.17) is 5.84 Å². The molecule has 2 aliphatic carbocycles. The lowest BCUT2D eigenvalue weighted by Gasteiger charge is -2.18. The van der Waals surface area contributed by atoms with Crippen LogP contribution in [0.2, 0.25) is 0 Å². The first-order valence-corrected chi connectivity index (χ1v) is 8.14. The van der Waals surface area contributed by atoms with Crippen molar-refractivity contribution in [2.45, 2.75) is 52.1 Å². The molecule has 0 saturated heterocycles. The van der Waals surface area contributed by atoms with E-state index in [0.717, 1.165) is 40.9 Å². The zero-order valence-electron chi connectivity index (χ0n) is 11.7. The molecule has 3 unspecified atom stereocenters. The number of nitrogens with two attached hydrogens (primary N) is 1. The van der Waals surface area contributed by atoms with Crippen molar-refractivity contribution < 1.29 is 0 Å². The second-order valence-electron chi connectivity index (χ2n) is 5.98. The van der Waals surface area contributed by atoms with Gasteiger partial charge in [-0.1, -0.05) is 6.42 Å². The van der Waals surface area contributed by atoms with Crippen LogP contribution < -0.4 is 11.3 Å². The quantitative estimate of drug-likeness (QED) is 0.645. The third-order valence-electron chi connectivity index (χ3n) is 5.02. The number of hydrazine groups is 1. The monoisotopic (exact) mass is 326 g/mol. The molecule has 0 aromatic carbocycles. The number of nitrogens with one attached hydrogen (secondary N) is 1. The normalized spacial score (nSPS) is 30.4. The highest BCUT2D eigenvalue weighted by Crippen LogP contribution is 2.59. The van der Waals surface area contributed by atoms with Gasteiger partial charge in [0.1, 0.15) is 0 Å². The van der Waals surface area contributed by atoms with E-state index in [1.165, 1.54) is 25.0 Å². The Labute approximate surface area is 123 Å². The van der Waals surface area contributed by atoms with Crippen molar-refractivity contribution in [1.82, 2.24) is 15.2 Å². The van der Waals surface area contributed by atoms with Crippen molar-refractivity contribution in [2.24, 2.45) is 23.6 Å². The van der Waals surface area contributed by atoms with Crippen molar-refractivity contribution in [1.29, 1.82) is 0 Å². The lowest BCUT2D eigenvalue weighted by molar-refractivity contribution is 0.400. The molecule has 1 heterocycles. The predicted molar refractivity (Wildman–Crippen MR) is 79.5 cm³/mol. The third-order valence-corrected chi connectivity index (χ3v) is 6.05. The molecule has 0 radical (unpaired) electrons. The van der Waals surface area contributed by atoms with Gasteiger partial charge in [0.2, 0.25) is 0 Å². The van der Waals surface area contributed by atoms with Gasteiger partial charge in [0, 0.05) is 19.0 Å². The molecule has 0 aliphatic heterocycles. The molecule has 2 saturated carbocycles. The highest BCUT2D eigenvalue weighted by Gasteiger charge is 2.55. The summed E-state index contributed by atoms with van der Waals surface area (Å²) in [6.45, 7) is 5.10. The average Bonchev–Trinajstić information content (AvgIpc) is 2.78. The van der Waals surface area contributed by atoms with E-state index in [1.54, 1.807) is 0 Å². The van der Waals surface area contributed by atoms with Crippen molar-refractivity contribution in [3.8, 4) is 0 Å². The van der Waals surface area contributed by atoms with E-state index >= 15 is 0 Å². The van der Waals surface area contributed by atoms with Crippen LogP contribution in [0.3, 0.4) is 0 Å². The second-order valence-corrected chi connectivity index (χ2v) is 6.77. The Morgan fingerprint density at radius 2 is 2.16 bits per heavy atom. The predicted octanol–water partition coefficient (Wildman–Crippen LogP) is 2.39. The Morgan fingerprint density at radius 3 is 2.74 bits per heavy atom. The first-order chi connectivity index (χ1) is 9.17. The number of hydrogen-bond acceptors (Lipinski definition) is 3. The smallest absolute Gasteiger partial charge is 0.0738 e.